The van der Waals surface area contributed by atoms with Crippen LogP contribution in [0.15, 0.2) is 24.3 Å². The molecule has 1 amide bonds. The zero-order valence-electron chi connectivity index (χ0n) is 14.3. The van der Waals surface area contributed by atoms with Crippen molar-refractivity contribution in [2.45, 2.75) is 24.2 Å². The third-order valence-electron chi connectivity index (χ3n) is 4.25. The van der Waals surface area contributed by atoms with Crippen molar-refractivity contribution in [3.05, 3.63) is 29.8 Å². The number of carbonyl (C=O) groups is 2. The Kier molecular flexibility index (Phi) is 5.59. The Morgan fingerprint density at radius 1 is 1.38 bits per heavy atom. The van der Waals surface area contributed by atoms with Crippen LogP contribution in [0.5, 0.6) is 0 Å². The van der Waals surface area contributed by atoms with Crippen LogP contribution in [0, 0.1) is 11.8 Å². The normalized spacial score (nSPS) is 19.3. The van der Waals surface area contributed by atoms with Gasteiger partial charge in [-0.1, -0.05) is 11.8 Å². The molecule has 1 fully saturated rings. The molecule has 0 saturated carbocycles. The lowest BCUT2D eigenvalue weighted by Gasteiger charge is -2.24. The highest BCUT2D eigenvalue weighted by Crippen LogP contribution is 2.30. The Morgan fingerprint density at radius 3 is 2.50 bits per heavy atom. The highest BCUT2D eigenvalue weighted by molar-refractivity contribution is 7.92. The van der Waals surface area contributed by atoms with Crippen LogP contribution in [-0.4, -0.2) is 61.0 Å². The fourth-order valence-corrected chi connectivity index (χ4v) is 3.34. The SMILES string of the molecule is CC(CC1CN(c2ccc(C#CCO)cc2)C(=O)O1)(C(=O)O)S(C)(=O)=O. The Hall–Kier alpha value is -2.57. The number of nitrogens with zero attached hydrogens (tertiary/aromatic N) is 1. The zero-order valence-corrected chi connectivity index (χ0v) is 15.1. The molecule has 9 heteroatoms. The second-order valence-electron chi connectivity index (χ2n) is 6.14. The molecule has 140 valence electrons. The third kappa shape index (κ3) is 3.98. The van der Waals surface area contributed by atoms with Crippen LogP contribution >= 0.6 is 0 Å². The van der Waals surface area contributed by atoms with Gasteiger partial charge < -0.3 is 14.9 Å². The van der Waals surface area contributed by atoms with Gasteiger partial charge in [0.2, 0.25) is 0 Å². The first-order chi connectivity index (χ1) is 12.1. The maximum absolute atomic E-state index is 12.1. The standard InChI is InChI=1S/C17H19NO7S/c1-17(15(20)21,26(2,23)24)10-14-11-18(16(22)25-14)13-7-5-12(6-8-13)4-3-9-19/h5-8,14,19H,9-11H2,1-2H3,(H,20,21). The molecule has 1 aromatic rings. The summed E-state index contributed by atoms with van der Waals surface area (Å²) in [5, 5.41) is 18.0. The van der Waals surface area contributed by atoms with Crippen molar-refractivity contribution in [3.8, 4) is 11.8 Å². The first-order valence-electron chi connectivity index (χ1n) is 7.69. The third-order valence-corrected chi connectivity index (χ3v) is 6.23. The molecule has 1 aromatic carbocycles. The van der Waals surface area contributed by atoms with Gasteiger partial charge in [-0.05, 0) is 31.2 Å². The summed E-state index contributed by atoms with van der Waals surface area (Å²) in [6.07, 6.45) is -1.04. The Balaban J connectivity index is 2.17. The number of hydrogen-bond acceptors (Lipinski definition) is 6. The number of carboxylic acid groups (broad SMARTS) is 1. The molecule has 0 spiro atoms. The van der Waals surface area contributed by atoms with Gasteiger partial charge >= 0.3 is 12.1 Å². The van der Waals surface area contributed by atoms with Crippen molar-refractivity contribution in [1.29, 1.82) is 0 Å². The van der Waals surface area contributed by atoms with E-state index in [0.29, 0.717) is 11.3 Å². The number of aliphatic carboxylic acids is 1. The van der Waals surface area contributed by atoms with E-state index in [2.05, 4.69) is 11.8 Å². The van der Waals surface area contributed by atoms with Crippen molar-refractivity contribution >= 4 is 27.6 Å². The molecule has 2 rings (SSSR count). The van der Waals surface area contributed by atoms with E-state index in [0.717, 1.165) is 13.2 Å². The number of aliphatic hydroxyl groups excluding tert-OH is 1. The summed E-state index contributed by atoms with van der Waals surface area (Å²) in [5.41, 5.74) is 1.17. The minimum atomic E-state index is -3.91. The molecule has 26 heavy (non-hydrogen) atoms. The second-order valence-corrected chi connectivity index (χ2v) is 8.58. The first kappa shape index (κ1) is 19.8. The molecular weight excluding hydrogens is 362 g/mol. The number of cyclic esters (lactones) is 1. The van der Waals surface area contributed by atoms with Gasteiger partial charge in [-0.3, -0.25) is 9.69 Å². The van der Waals surface area contributed by atoms with Crippen LogP contribution in [0.3, 0.4) is 0 Å². The van der Waals surface area contributed by atoms with E-state index in [1.165, 1.54) is 4.90 Å². The van der Waals surface area contributed by atoms with Crippen LogP contribution in [0.2, 0.25) is 0 Å². The first-order valence-corrected chi connectivity index (χ1v) is 9.58. The highest BCUT2D eigenvalue weighted by Gasteiger charge is 2.48. The summed E-state index contributed by atoms with van der Waals surface area (Å²) >= 11 is 0. The molecule has 1 saturated heterocycles. The lowest BCUT2D eigenvalue weighted by molar-refractivity contribution is -0.140. The van der Waals surface area contributed by atoms with Crippen molar-refractivity contribution < 1.29 is 33.0 Å². The van der Waals surface area contributed by atoms with Gasteiger partial charge in [0.25, 0.3) is 0 Å². The number of benzene rings is 1. The van der Waals surface area contributed by atoms with Gasteiger partial charge in [-0.2, -0.15) is 0 Å². The monoisotopic (exact) mass is 381 g/mol. The molecule has 1 aliphatic rings. The van der Waals surface area contributed by atoms with Gasteiger partial charge in [0.1, 0.15) is 12.7 Å². The molecular formula is C17H19NO7S. The molecule has 2 atom stereocenters. The van der Waals surface area contributed by atoms with E-state index in [4.69, 9.17) is 9.84 Å². The number of aliphatic hydroxyl groups is 1. The number of rotatable bonds is 5. The largest absolute Gasteiger partial charge is 0.480 e. The zero-order chi connectivity index (χ0) is 19.5. The van der Waals surface area contributed by atoms with Crippen molar-refractivity contribution in [2.75, 3.05) is 24.3 Å². The maximum Gasteiger partial charge on any atom is 0.414 e. The van der Waals surface area contributed by atoms with Crippen LogP contribution in [0.1, 0.15) is 18.9 Å². The number of carboxylic acids is 1. The fraction of sp³-hybridized carbons (Fsp3) is 0.412. The van der Waals surface area contributed by atoms with Crippen LogP contribution in [0.4, 0.5) is 10.5 Å². The van der Waals surface area contributed by atoms with Crippen molar-refractivity contribution in [3.63, 3.8) is 0 Å². The summed E-state index contributed by atoms with van der Waals surface area (Å²) in [4.78, 5) is 24.8. The molecule has 0 bridgehead atoms. The van der Waals surface area contributed by atoms with Gasteiger partial charge in [-0.25, -0.2) is 13.2 Å². The summed E-state index contributed by atoms with van der Waals surface area (Å²) < 4.78 is 26.9. The average molecular weight is 381 g/mol. The Morgan fingerprint density at radius 2 is 2.00 bits per heavy atom. The lowest BCUT2D eigenvalue weighted by atomic mass is 10.0. The highest BCUT2D eigenvalue weighted by atomic mass is 32.2. The van der Waals surface area contributed by atoms with E-state index < -0.39 is 32.8 Å². The number of amides is 1. The van der Waals surface area contributed by atoms with Gasteiger partial charge in [0.05, 0.1) is 6.54 Å². The number of ether oxygens (including phenoxy) is 1. The van der Waals surface area contributed by atoms with E-state index in [1.807, 2.05) is 0 Å². The molecule has 0 aromatic heterocycles. The van der Waals surface area contributed by atoms with E-state index in [-0.39, 0.29) is 19.6 Å². The van der Waals surface area contributed by atoms with E-state index in [1.54, 1.807) is 24.3 Å². The smallest absolute Gasteiger partial charge is 0.414 e. The summed E-state index contributed by atoms with van der Waals surface area (Å²) in [6, 6.07) is 6.60. The minimum Gasteiger partial charge on any atom is -0.480 e. The molecule has 2 unspecified atom stereocenters. The average Bonchev–Trinajstić information content (AvgIpc) is 2.92. The fourth-order valence-electron chi connectivity index (χ4n) is 2.54. The number of carbonyl (C=O) groups excluding carboxylic acids is 1. The Labute approximate surface area is 151 Å². The molecule has 2 N–H and O–H groups in total. The van der Waals surface area contributed by atoms with E-state index >= 15 is 0 Å². The summed E-state index contributed by atoms with van der Waals surface area (Å²) in [6.45, 7) is 0.888. The number of sulfone groups is 1. The second kappa shape index (κ2) is 7.35. The van der Waals surface area contributed by atoms with Gasteiger partial charge in [0, 0.05) is 23.9 Å². The van der Waals surface area contributed by atoms with Crippen molar-refractivity contribution in [2.24, 2.45) is 0 Å². The molecule has 8 nitrogen and oxygen atoms in total. The van der Waals surface area contributed by atoms with E-state index in [9.17, 15) is 23.1 Å². The number of anilines is 1. The Bertz CT molecular complexity index is 867. The van der Waals surface area contributed by atoms with Crippen molar-refractivity contribution in [1.82, 2.24) is 0 Å². The predicted molar refractivity (Wildman–Crippen MR) is 93.5 cm³/mol. The number of hydrogen-bond donors (Lipinski definition) is 2. The molecule has 0 aliphatic carbocycles. The molecule has 1 aliphatic heterocycles. The quantitative estimate of drug-likeness (QED) is 0.718. The van der Waals surface area contributed by atoms with Crippen LogP contribution in [-0.2, 0) is 19.4 Å². The topological polar surface area (TPSA) is 121 Å². The molecule has 0 radical (unpaired) electrons. The van der Waals surface area contributed by atoms with Gasteiger partial charge in [-0.15, -0.1) is 0 Å². The van der Waals surface area contributed by atoms with Gasteiger partial charge in [0.15, 0.2) is 14.6 Å². The lowest BCUT2D eigenvalue weighted by Crippen LogP contribution is -2.46. The summed E-state index contributed by atoms with van der Waals surface area (Å²) in [5.74, 6) is 3.75. The maximum atomic E-state index is 12.1. The summed E-state index contributed by atoms with van der Waals surface area (Å²) in [7, 11) is -3.91. The van der Waals surface area contributed by atoms with Crippen LogP contribution < -0.4 is 4.90 Å². The van der Waals surface area contributed by atoms with Crippen LogP contribution in [0.25, 0.3) is 0 Å². The predicted octanol–water partition coefficient (Wildman–Crippen LogP) is 0.634. The minimum absolute atomic E-state index is 0.0406. The molecule has 1 heterocycles.